The van der Waals surface area contributed by atoms with Crippen LogP contribution >= 0.6 is 0 Å². The van der Waals surface area contributed by atoms with Crippen LogP contribution in [0.2, 0.25) is 0 Å². The topological polar surface area (TPSA) is 110 Å². The molecule has 0 aliphatic heterocycles. The fourth-order valence-corrected chi connectivity index (χ4v) is 3.46. The van der Waals surface area contributed by atoms with Crippen LogP contribution in [-0.4, -0.2) is 43.0 Å². The monoisotopic (exact) mass is 440 g/mol. The molecule has 8 heteroatoms. The Morgan fingerprint density at radius 2 is 1.94 bits per heavy atom. The fraction of sp³-hybridized carbons (Fsp3) is 0.120. The number of imidazole rings is 1. The minimum absolute atomic E-state index is 0.0397. The Bertz CT molecular complexity index is 1360. The van der Waals surface area contributed by atoms with Gasteiger partial charge in [0, 0.05) is 25.1 Å². The van der Waals surface area contributed by atoms with Crippen LogP contribution in [0.15, 0.2) is 73.1 Å². The highest BCUT2D eigenvalue weighted by molar-refractivity contribution is 5.85. The van der Waals surface area contributed by atoms with E-state index in [2.05, 4.69) is 4.98 Å². The number of hydrogen-bond donors (Lipinski definition) is 2. The summed E-state index contributed by atoms with van der Waals surface area (Å²) in [6.07, 6.45) is 7.82. The highest BCUT2D eigenvalue weighted by atomic mass is 16.3. The van der Waals surface area contributed by atoms with Gasteiger partial charge in [0.2, 0.25) is 6.41 Å². The number of fused-ring (bicyclic) bond motifs is 1. The molecule has 1 aromatic carbocycles. The maximum atomic E-state index is 10.9. The number of nitrogen functional groups attached to an aromatic ring is 1. The molecule has 3 heterocycles. The number of carbonyl (C=O) groups is 1. The first-order valence-corrected chi connectivity index (χ1v) is 10.4. The van der Waals surface area contributed by atoms with Crippen LogP contribution in [-0.2, 0) is 11.4 Å². The van der Waals surface area contributed by atoms with Crippen LogP contribution in [0.3, 0.4) is 0 Å². The summed E-state index contributed by atoms with van der Waals surface area (Å²) in [6.45, 7) is 1.88. The molecule has 0 saturated carbocycles. The molecule has 1 amide bonds. The van der Waals surface area contributed by atoms with Gasteiger partial charge < -0.3 is 15.7 Å². The van der Waals surface area contributed by atoms with Crippen molar-refractivity contribution in [3.8, 4) is 17.1 Å². The lowest BCUT2D eigenvalue weighted by atomic mass is 10.1. The molecule has 0 spiro atoms. The molecule has 0 fully saturated rings. The molecule has 4 aromatic rings. The van der Waals surface area contributed by atoms with E-state index in [1.54, 1.807) is 19.4 Å². The molecule has 3 N–H and O–H groups in total. The first-order valence-electron chi connectivity index (χ1n) is 10.4. The Morgan fingerprint density at radius 1 is 1.15 bits per heavy atom. The lowest BCUT2D eigenvalue weighted by Crippen LogP contribution is -2.06. The molecule has 33 heavy (non-hydrogen) atoms. The predicted molar refractivity (Wildman–Crippen MR) is 129 cm³/mol. The summed E-state index contributed by atoms with van der Waals surface area (Å²) in [4.78, 5) is 26.3. The van der Waals surface area contributed by atoms with Crippen molar-refractivity contribution in [2.75, 3.05) is 12.8 Å². The minimum Gasteiger partial charge on any atom is -0.392 e. The van der Waals surface area contributed by atoms with Gasteiger partial charge in [0.1, 0.15) is 11.3 Å². The third-order valence-corrected chi connectivity index (χ3v) is 5.22. The first kappa shape index (κ1) is 21.9. The van der Waals surface area contributed by atoms with Crippen LogP contribution in [0.25, 0.3) is 33.8 Å². The summed E-state index contributed by atoms with van der Waals surface area (Å²) in [6, 6.07) is 15.0. The van der Waals surface area contributed by atoms with E-state index in [1.165, 1.54) is 4.90 Å². The van der Waals surface area contributed by atoms with Crippen LogP contribution in [0, 0.1) is 0 Å². The highest BCUT2D eigenvalue weighted by Crippen LogP contribution is 2.31. The van der Waals surface area contributed by atoms with Crippen LogP contribution < -0.4 is 5.73 Å². The van der Waals surface area contributed by atoms with Gasteiger partial charge in [0.25, 0.3) is 0 Å². The molecule has 166 valence electrons. The summed E-state index contributed by atoms with van der Waals surface area (Å²) >= 11 is 0. The SMILES string of the molecule is C/C=C(\C=C/N(C)C=O)c1ccc2nc(-c3cccnc3N)n(-c3ccc(CO)cc3)c2n1. The second-order valence-corrected chi connectivity index (χ2v) is 7.40. The fourth-order valence-electron chi connectivity index (χ4n) is 3.46. The van der Waals surface area contributed by atoms with Gasteiger partial charge in [0.15, 0.2) is 11.5 Å². The standard InChI is InChI=1S/C25H24N6O2/c1-3-18(12-14-30(2)16-33)21-10-11-22-25(28-21)31(19-8-6-17(15-32)7-9-19)24(29-22)20-5-4-13-27-23(20)26/h3-14,16,32H,15H2,1-2H3,(H2,26,27)/b14-12-,18-3+. The number of aliphatic hydroxyl groups excluding tert-OH is 1. The molecule has 0 aliphatic rings. The third kappa shape index (κ3) is 4.37. The van der Waals surface area contributed by atoms with E-state index in [0.717, 1.165) is 28.9 Å². The number of hydrogen-bond acceptors (Lipinski definition) is 6. The molecule has 0 unspecified atom stereocenters. The number of aromatic nitrogens is 4. The Balaban J connectivity index is 1.94. The van der Waals surface area contributed by atoms with Crippen molar-refractivity contribution in [2.45, 2.75) is 13.5 Å². The van der Waals surface area contributed by atoms with Gasteiger partial charge in [-0.05, 0) is 60.5 Å². The Kier molecular flexibility index (Phi) is 6.28. The zero-order valence-corrected chi connectivity index (χ0v) is 18.4. The van der Waals surface area contributed by atoms with Gasteiger partial charge >= 0.3 is 0 Å². The number of amides is 1. The van der Waals surface area contributed by atoms with Crippen molar-refractivity contribution in [1.82, 2.24) is 24.4 Å². The molecule has 0 saturated heterocycles. The summed E-state index contributed by atoms with van der Waals surface area (Å²) in [5, 5.41) is 9.44. The Morgan fingerprint density at radius 3 is 2.61 bits per heavy atom. The van der Waals surface area contributed by atoms with Crippen LogP contribution in [0.5, 0.6) is 0 Å². The van der Waals surface area contributed by atoms with E-state index in [-0.39, 0.29) is 6.61 Å². The van der Waals surface area contributed by atoms with Crippen molar-refractivity contribution >= 4 is 29.0 Å². The van der Waals surface area contributed by atoms with Crippen molar-refractivity contribution in [3.63, 3.8) is 0 Å². The van der Waals surface area contributed by atoms with Gasteiger partial charge in [0.05, 0.1) is 17.9 Å². The second kappa shape index (κ2) is 9.46. The normalized spacial score (nSPS) is 11.9. The van der Waals surface area contributed by atoms with Crippen LogP contribution in [0.4, 0.5) is 5.82 Å². The molecular formula is C25H24N6O2. The first-order chi connectivity index (χ1) is 16.0. The van der Waals surface area contributed by atoms with E-state index >= 15 is 0 Å². The van der Waals surface area contributed by atoms with E-state index in [1.807, 2.05) is 72.2 Å². The lowest BCUT2D eigenvalue weighted by Gasteiger charge is -2.11. The van der Waals surface area contributed by atoms with Crippen molar-refractivity contribution in [1.29, 1.82) is 0 Å². The van der Waals surface area contributed by atoms with Gasteiger partial charge in [-0.3, -0.25) is 9.36 Å². The number of pyridine rings is 2. The van der Waals surface area contributed by atoms with Crippen LogP contribution in [0.1, 0.15) is 18.2 Å². The molecule has 3 aromatic heterocycles. The number of aliphatic hydroxyl groups is 1. The lowest BCUT2D eigenvalue weighted by molar-refractivity contribution is -0.114. The van der Waals surface area contributed by atoms with E-state index in [9.17, 15) is 9.90 Å². The average Bonchev–Trinajstić information content (AvgIpc) is 3.23. The average molecular weight is 441 g/mol. The molecule has 0 bridgehead atoms. The predicted octanol–water partition coefficient (Wildman–Crippen LogP) is 3.56. The summed E-state index contributed by atoms with van der Waals surface area (Å²) in [5.74, 6) is 0.991. The maximum absolute atomic E-state index is 10.9. The smallest absolute Gasteiger partial charge is 0.213 e. The number of benzene rings is 1. The van der Waals surface area contributed by atoms with Gasteiger partial charge in [-0.25, -0.2) is 15.0 Å². The van der Waals surface area contributed by atoms with Crippen molar-refractivity contribution in [3.05, 3.63) is 84.3 Å². The zero-order valence-electron chi connectivity index (χ0n) is 18.4. The maximum Gasteiger partial charge on any atom is 0.213 e. The van der Waals surface area contributed by atoms with E-state index in [4.69, 9.17) is 15.7 Å². The molecule has 8 nitrogen and oxygen atoms in total. The Labute approximate surface area is 191 Å². The number of anilines is 1. The van der Waals surface area contributed by atoms with Gasteiger partial charge in [-0.2, -0.15) is 0 Å². The molecular weight excluding hydrogens is 416 g/mol. The number of carbonyl (C=O) groups excluding carboxylic acids is 1. The highest BCUT2D eigenvalue weighted by Gasteiger charge is 2.18. The third-order valence-electron chi connectivity index (χ3n) is 5.22. The van der Waals surface area contributed by atoms with Gasteiger partial charge in [-0.15, -0.1) is 0 Å². The molecule has 0 aliphatic carbocycles. The Hall–Kier alpha value is -4.30. The molecule has 0 atom stereocenters. The van der Waals surface area contributed by atoms with Crippen molar-refractivity contribution in [2.24, 2.45) is 0 Å². The minimum atomic E-state index is -0.0397. The second-order valence-electron chi connectivity index (χ2n) is 7.40. The van der Waals surface area contributed by atoms with E-state index < -0.39 is 0 Å². The number of allylic oxidation sites excluding steroid dienone is 3. The summed E-state index contributed by atoms with van der Waals surface area (Å²) in [7, 11) is 1.67. The summed E-state index contributed by atoms with van der Waals surface area (Å²) < 4.78 is 1.93. The number of nitrogens with zero attached hydrogens (tertiary/aromatic N) is 5. The van der Waals surface area contributed by atoms with Gasteiger partial charge in [-0.1, -0.05) is 18.2 Å². The summed E-state index contributed by atoms with van der Waals surface area (Å²) in [5.41, 5.74) is 11.5. The molecule has 0 radical (unpaired) electrons. The van der Waals surface area contributed by atoms with E-state index in [0.29, 0.717) is 28.4 Å². The molecule has 4 rings (SSSR count). The van der Waals surface area contributed by atoms with Crippen molar-refractivity contribution < 1.29 is 9.90 Å². The zero-order chi connectivity index (χ0) is 23.4. The quantitative estimate of drug-likeness (QED) is 0.336. The number of nitrogens with two attached hydrogens (primary N) is 1. The largest absolute Gasteiger partial charge is 0.392 e. The number of rotatable bonds is 7.